The molecule has 0 amide bonds. The third kappa shape index (κ3) is 2.65. The van der Waals surface area contributed by atoms with Crippen LogP contribution in [0.1, 0.15) is 22.8 Å². The summed E-state index contributed by atoms with van der Waals surface area (Å²) >= 11 is 0. The summed E-state index contributed by atoms with van der Waals surface area (Å²) in [6.45, 7) is 3.37. The van der Waals surface area contributed by atoms with Gasteiger partial charge in [0, 0.05) is 11.1 Å². The molecule has 0 spiro atoms. The Morgan fingerprint density at radius 2 is 1.89 bits per heavy atom. The third-order valence-electron chi connectivity index (χ3n) is 3.10. The van der Waals surface area contributed by atoms with Gasteiger partial charge in [-0.05, 0) is 49.2 Å². The van der Waals surface area contributed by atoms with Crippen molar-refractivity contribution in [1.82, 2.24) is 0 Å². The molecule has 0 aliphatic rings. The van der Waals surface area contributed by atoms with E-state index in [0.29, 0.717) is 22.4 Å². The zero-order valence-electron chi connectivity index (χ0n) is 11.2. The Bertz CT molecular complexity index is 633. The zero-order valence-corrected chi connectivity index (χ0v) is 11.2. The summed E-state index contributed by atoms with van der Waals surface area (Å²) in [6, 6.07) is 9.91. The number of aryl methyl sites for hydroxylation is 1. The minimum Gasteiger partial charge on any atom is -0.497 e. The van der Waals surface area contributed by atoms with Crippen molar-refractivity contribution in [3.63, 3.8) is 0 Å². The number of Topliss-reactive ketones (excluding diaryl/α,β-unsaturated/α-hetero) is 1. The van der Waals surface area contributed by atoms with Crippen LogP contribution in [0, 0.1) is 12.7 Å². The molecule has 3 heteroatoms. The quantitative estimate of drug-likeness (QED) is 0.777. The maximum absolute atomic E-state index is 13.9. The number of halogens is 1. The van der Waals surface area contributed by atoms with Crippen LogP contribution in [0.3, 0.4) is 0 Å². The summed E-state index contributed by atoms with van der Waals surface area (Å²) in [4.78, 5) is 11.5. The van der Waals surface area contributed by atoms with Crippen LogP contribution in [0.25, 0.3) is 11.1 Å². The molecule has 2 aromatic rings. The molecule has 0 bridgehead atoms. The van der Waals surface area contributed by atoms with Crippen LogP contribution >= 0.6 is 0 Å². The van der Waals surface area contributed by atoms with E-state index < -0.39 is 0 Å². The van der Waals surface area contributed by atoms with Crippen molar-refractivity contribution in [3.8, 4) is 16.9 Å². The molecule has 0 N–H and O–H groups in total. The number of rotatable bonds is 3. The van der Waals surface area contributed by atoms with E-state index in [0.717, 1.165) is 5.56 Å². The first-order valence-electron chi connectivity index (χ1n) is 5.98. The monoisotopic (exact) mass is 258 g/mol. The van der Waals surface area contributed by atoms with Gasteiger partial charge in [0.25, 0.3) is 0 Å². The molecule has 0 saturated carbocycles. The number of hydrogen-bond acceptors (Lipinski definition) is 2. The van der Waals surface area contributed by atoms with Crippen molar-refractivity contribution in [2.75, 3.05) is 7.11 Å². The largest absolute Gasteiger partial charge is 0.497 e. The van der Waals surface area contributed by atoms with Gasteiger partial charge < -0.3 is 4.74 Å². The second kappa shape index (κ2) is 5.22. The van der Waals surface area contributed by atoms with Gasteiger partial charge in [-0.25, -0.2) is 4.39 Å². The Hall–Kier alpha value is -2.16. The Labute approximate surface area is 111 Å². The highest BCUT2D eigenvalue weighted by Gasteiger charge is 2.10. The fraction of sp³-hybridized carbons (Fsp3) is 0.188. The highest BCUT2D eigenvalue weighted by Crippen LogP contribution is 2.28. The van der Waals surface area contributed by atoms with Gasteiger partial charge in [-0.15, -0.1) is 0 Å². The molecule has 2 rings (SSSR count). The predicted octanol–water partition coefficient (Wildman–Crippen LogP) is 4.01. The average Bonchev–Trinajstić information content (AvgIpc) is 2.40. The van der Waals surface area contributed by atoms with Crippen molar-refractivity contribution in [2.45, 2.75) is 13.8 Å². The van der Waals surface area contributed by atoms with Gasteiger partial charge in [-0.1, -0.05) is 12.1 Å². The molecule has 19 heavy (non-hydrogen) atoms. The summed E-state index contributed by atoms with van der Waals surface area (Å²) in [7, 11) is 1.53. The lowest BCUT2D eigenvalue weighted by molar-refractivity contribution is 0.101. The number of benzene rings is 2. The summed E-state index contributed by atoms with van der Waals surface area (Å²) in [5, 5.41) is 0. The van der Waals surface area contributed by atoms with Crippen molar-refractivity contribution in [2.24, 2.45) is 0 Å². The topological polar surface area (TPSA) is 26.3 Å². The third-order valence-corrected chi connectivity index (χ3v) is 3.10. The number of hydrogen-bond donors (Lipinski definition) is 0. The number of ether oxygens (including phenoxy) is 1. The number of methoxy groups -OCH3 is 1. The molecule has 98 valence electrons. The summed E-state index contributed by atoms with van der Waals surface area (Å²) in [5.74, 6) is 0.225. The molecule has 2 aromatic carbocycles. The minimum atomic E-state index is -0.334. The average molecular weight is 258 g/mol. The molecule has 0 aliphatic carbocycles. The van der Waals surface area contributed by atoms with Gasteiger partial charge >= 0.3 is 0 Å². The van der Waals surface area contributed by atoms with E-state index in [1.165, 1.54) is 20.1 Å². The molecule has 0 aliphatic heterocycles. The standard InChI is InChI=1S/C16H15FO2/c1-10-4-5-12(8-14(10)11(2)18)15-9-13(19-3)6-7-16(15)17/h4-9H,1-3H3. The maximum Gasteiger partial charge on any atom is 0.160 e. The van der Waals surface area contributed by atoms with Crippen molar-refractivity contribution >= 4 is 5.78 Å². The maximum atomic E-state index is 13.9. The molecular formula is C16H15FO2. The lowest BCUT2D eigenvalue weighted by atomic mass is 9.97. The van der Waals surface area contributed by atoms with E-state index in [1.807, 2.05) is 13.0 Å². The van der Waals surface area contributed by atoms with Crippen LogP contribution < -0.4 is 4.74 Å². The Morgan fingerprint density at radius 3 is 2.53 bits per heavy atom. The minimum absolute atomic E-state index is 0.0253. The van der Waals surface area contributed by atoms with Crippen LogP contribution in [0.5, 0.6) is 5.75 Å². The molecule has 0 saturated heterocycles. The van der Waals surface area contributed by atoms with Crippen molar-refractivity contribution < 1.29 is 13.9 Å². The summed E-state index contributed by atoms with van der Waals surface area (Å²) in [6.07, 6.45) is 0. The summed E-state index contributed by atoms with van der Waals surface area (Å²) in [5.41, 5.74) is 2.60. The van der Waals surface area contributed by atoms with E-state index in [-0.39, 0.29) is 11.6 Å². The van der Waals surface area contributed by atoms with Crippen LogP contribution in [0.15, 0.2) is 36.4 Å². The first-order chi connectivity index (χ1) is 9.02. The van der Waals surface area contributed by atoms with E-state index in [4.69, 9.17) is 4.74 Å². The van der Waals surface area contributed by atoms with Gasteiger partial charge in [-0.2, -0.15) is 0 Å². The van der Waals surface area contributed by atoms with E-state index in [1.54, 1.807) is 24.3 Å². The van der Waals surface area contributed by atoms with Crippen molar-refractivity contribution in [3.05, 3.63) is 53.3 Å². The van der Waals surface area contributed by atoms with Crippen LogP contribution in [0.4, 0.5) is 4.39 Å². The Morgan fingerprint density at radius 1 is 1.16 bits per heavy atom. The molecule has 0 radical (unpaired) electrons. The number of ketones is 1. The Kier molecular flexibility index (Phi) is 3.65. The van der Waals surface area contributed by atoms with Crippen LogP contribution in [-0.2, 0) is 0 Å². The highest BCUT2D eigenvalue weighted by molar-refractivity contribution is 5.96. The predicted molar refractivity (Wildman–Crippen MR) is 73.1 cm³/mol. The lowest BCUT2D eigenvalue weighted by Crippen LogP contribution is -1.97. The highest BCUT2D eigenvalue weighted by atomic mass is 19.1. The molecule has 0 fully saturated rings. The van der Waals surface area contributed by atoms with Gasteiger partial charge in [-0.3, -0.25) is 4.79 Å². The van der Waals surface area contributed by atoms with Gasteiger partial charge in [0.05, 0.1) is 7.11 Å². The molecule has 0 heterocycles. The number of carbonyl (C=O) groups excluding carboxylic acids is 1. The van der Waals surface area contributed by atoms with Gasteiger partial charge in [0.1, 0.15) is 11.6 Å². The van der Waals surface area contributed by atoms with E-state index in [2.05, 4.69) is 0 Å². The molecule has 0 unspecified atom stereocenters. The summed E-state index contributed by atoms with van der Waals surface area (Å²) < 4.78 is 19.0. The normalized spacial score (nSPS) is 10.3. The SMILES string of the molecule is COc1ccc(F)c(-c2ccc(C)c(C(C)=O)c2)c1. The van der Waals surface area contributed by atoms with Crippen molar-refractivity contribution in [1.29, 1.82) is 0 Å². The van der Waals surface area contributed by atoms with Gasteiger partial charge in [0.2, 0.25) is 0 Å². The van der Waals surface area contributed by atoms with Crippen LogP contribution in [0.2, 0.25) is 0 Å². The van der Waals surface area contributed by atoms with E-state index in [9.17, 15) is 9.18 Å². The Balaban J connectivity index is 2.59. The fourth-order valence-corrected chi connectivity index (χ4v) is 2.02. The molecule has 0 atom stereocenters. The molecular weight excluding hydrogens is 243 g/mol. The lowest BCUT2D eigenvalue weighted by Gasteiger charge is -2.09. The molecule has 0 aromatic heterocycles. The van der Waals surface area contributed by atoms with Crippen LogP contribution in [-0.4, -0.2) is 12.9 Å². The first kappa shape index (κ1) is 13.3. The second-order valence-electron chi connectivity index (χ2n) is 4.43. The first-order valence-corrected chi connectivity index (χ1v) is 5.98. The molecule has 2 nitrogen and oxygen atoms in total. The number of carbonyl (C=O) groups is 1. The van der Waals surface area contributed by atoms with E-state index >= 15 is 0 Å². The fourth-order valence-electron chi connectivity index (χ4n) is 2.02. The smallest absolute Gasteiger partial charge is 0.160 e. The van der Waals surface area contributed by atoms with Gasteiger partial charge in [0.15, 0.2) is 5.78 Å². The second-order valence-corrected chi connectivity index (χ2v) is 4.43. The zero-order chi connectivity index (χ0) is 14.0.